The van der Waals surface area contributed by atoms with Crippen molar-refractivity contribution >= 4 is 5.97 Å². The average molecular weight is 256 g/mol. The number of piperidine rings is 1. The van der Waals surface area contributed by atoms with E-state index in [1.54, 1.807) is 0 Å². The van der Waals surface area contributed by atoms with Crippen LogP contribution >= 0.6 is 0 Å². The molecule has 0 aromatic rings. The molecule has 2 aliphatic heterocycles. The number of likely N-dealkylation sites (N-methyl/N-ethyl adjacent to an activating group) is 2. The van der Waals surface area contributed by atoms with E-state index in [0.717, 1.165) is 19.6 Å². The normalized spacial score (nSPS) is 34.1. The molecular weight excluding hydrogens is 232 g/mol. The fraction of sp³-hybridized carbons (Fsp3) is 0.923. The average Bonchev–Trinajstić information content (AvgIpc) is 2.79. The second-order valence-corrected chi connectivity index (χ2v) is 5.44. The van der Waals surface area contributed by atoms with Gasteiger partial charge in [-0.15, -0.1) is 0 Å². The highest BCUT2D eigenvalue weighted by Gasteiger charge is 2.40. The van der Waals surface area contributed by atoms with Crippen LogP contribution in [0.2, 0.25) is 0 Å². The van der Waals surface area contributed by atoms with Gasteiger partial charge in [0, 0.05) is 18.6 Å². The molecule has 2 rings (SSSR count). The molecule has 2 saturated heterocycles. The van der Waals surface area contributed by atoms with Crippen molar-refractivity contribution in [2.75, 3.05) is 39.9 Å². The lowest BCUT2D eigenvalue weighted by molar-refractivity contribution is -0.143. The zero-order valence-electron chi connectivity index (χ0n) is 11.3. The molecule has 0 aromatic heterocycles. The van der Waals surface area contributed by atoms with E-state index in [1.807, 2.05) is 0 Å². The molecule has 2 aliphatic rings. The van der Waals surface area contributed by atoms with Crippen molar-refractivity contribution in [3.63, 3.8) is 0 Å². The molecule has 0 amide bonds. The third kappa shape index (κ3) is 2.84. The minimum absolute atomic E-state index is 0.0454. The van der Waals surface area contributed by atoms with Gasteiger partial charge >= 0.3 is 5.97 Å². The maximum Gasteiger partial charge on any atom is 0.310 e. The fourth-order valence-corrected chi connectivity index (χ4v) is 3.28. The standard InChI is InChI=1S/C13H24N2O3/c1-3-15(10-5-4-6-14(2)7-10)12-9-18-8-11(12)13(16)17/h10-12H,3-9H2,1-2H3,(H,16,17). The first-order valence-corrected chi connectivity index (χ1v) is 6.88. The van der Waals surface area contributed by atoms with Gasteiger partial charge in [0.2, 0.25) is 0 Å². The Morgan fingerprint density at radius 3 is 2.89 bits per heavy atom. The van der Waals surface area contributed by atoms with Crippen molar-refractivity contribution in [3.05, 3.63) is 0 Å². The molecule has 3 atom stereocenters. The molecule has 0 aliphatic carbocycles. The van der Waals surface area contributed by atoms with Crippen molar-refractivity contribution in [1.82, 2.24) is 9.80 Å². The lowest BCUT2D eigenvalue weighted by atomic mass is 9.97. The van der Waals surface area contributed by atoms with Gasteiger partial charge < -0.3 is 14.7 Å². The Morgan fingerprint density at radius 1 is 1.50 bits per heavy atom. The largest absolute Gasteiger partial charge is 0.481 e. The van der Waals surface area contributed by atoms with E-state index < -0.39 is 5.97 Å². The summed E-state index contributed by atoms with van der Waals surface area (Å²) >= 11 is 0. The summed E-state index contributed by atoms with van der Waals surface area (Å²) in [6, 6.07) is 0.520. The van der Waals surface area contributed by atoms with E-state index in [-0.39, 0.29) is 12.0 Å². The number of likely N-dealkylation sites (tertiary alicyclic amines) is 1. The summed E-state index contributed by atoms with van der Waals surface area (Å²) < 4.78 is 5.40. The van der Waals surface area contributed by atoms with Gasteiger partial charge in [0.15, 0.2) is 0 Å². The van der Waals surface area contributed by atoms with Crippen LogP contribution in [0.1, 0.15) is 19.8 Å². The van der Waals surface area contributed by atoms with Crippen LogP contribution in [0, 0.1) is 5.92 Å². The van der Waals surface area contributed by atoms with E-state index in [1.165, 1.54) is 12.8 Å². The number of rotatable bonds is 4. The van der Waals surface area contributed by atoms with E-state index >= 15 is 0 Å². The highest BCUT2D eigenvalue weighted by atomic mass is 16.5. The lowest BCUT2D eigenvalue weighted by Gasteiger charge is -2.41. The minimum atomic E-state index is -0.722. The Balaban J connectivity index is 2.05. The number of hydrogen-bond acceptors (Lipinski definition) is 4. The van der Waals surface area contributed by atoms with Gasteiger partial charge in [-0.2, -0.15) is 0 Å². The lowest BCUT2D eigenvalue weighted by Crippen LogP contribution is -2.53. The first-order valence-electron chi connectivity index (χ1n) is 6.88. The van der Waals surface area contributed by atoms with Crippen molar-refractivity contribution in [2.24, 2.45) is 5.92 Å². The molecule has 3 unspecified atom stereocenters. The minimum Gasteiger partial charge on any atom is -0.481 e. The van der Waals surface area contributed by atoms with Gasteiger partial charge in [-0.1, -0.05) is 6.92 Å². The van der Waals surface area contributed by atoms with Gasteiger partial charge in [-0.25, -0.2) is 0 Å². The predicted octanol–water partition coefficient (Wildman–Crippen LogP) is 0.502. The number of aliphatic carboxylic acids is 1. The molecule has 18 heavy (non-hydrogen) atoms. The summed E-state index contributed by atoms with van der Waals surface area (Å²) in [4.78, 5) is 15.9. The second-order valence-electron chi connectivity index (χ2n) is 5.44. The third-order valence-corrected chi connectivity index (χ3v) is 4.23. The number of nitrogens with zero attached hydrogens (tertiary/aromatic N) is 2. The Hall–Kier alpha value is -0.650. The highest BCUT2D eigenvalue weighted by Crippen LogP contribution is 2.25. The fourth-order valence-electron chi connectivity index (χ4n) is 3.28. The Labute approximate surface area is 109 Å². The molecule has 0 bridgehead atoms. The summed E-state index contributed by atoms with van der Waals surface area (Å²) in [5.74, 6) is -1.09. The van der Waals surface area contributed by atoms with Gasteiger partial charge in [0.1, 0.15) is 0 Å². The first-order chi connectivity index (χ1) is 8.63. The zero-order chi connectivity index (χ0) is 13.1. The van der Waals surface area contributed by atoms with Crippen LogP contribution in [0.15, 0.2) is 0 Å². The molecule has 1 N–H and O–H groups in total. The van der Waals surface area contributed by atoms with Crippen LogP contribution in [0.3, 0.4) is 0 Å². The zero-order valence-corrected chi connectivity index (χ0v) is 11.3. The number of carbonyl (C=O) groups is 1. The SMILES string of the molecule is CCN(C1CCCN(C)C1)C1COCC1C(=O)O. The van der Waals surface area contributed by atoms with Crippen LogP contribution in [0.5, 0.6) is 0 Å². The van der Waals surface area contributed by atoms with Crippen LogP contribution < -0.4 is 0 Å². The summed E-state index contributed by atoms with van der Waals surface area (Å²) in [7, 11) is 2.14. The predicted molar refractivity (Wildman–Crippen MR) is 68.6 cm³/mol. The number of ether oxygens (including phenoxy) is 1. The summed E-state index contributed by atoms with van der Waals surface area (Å²) in [6.07, 6.45) is 2.37. The Morgan fingerprint density at radius 2 is 2.28 bits per heavy atom. The van der Waals surface area contributed by atoms with Gasteiger partial charge in [0.25, 0.3) is 0 Å². The molecule has 2 heterocycles. The number of carboxylic acids is 1. The van der Waals surface area contributed by atoms with Crippen molar-refractivity contribution in [1.29, 1.82) is 0 Å². The van der Waals surface area contributed by atoms with Gasteiger partial charge in [-0.3, -0.25) is 9.69 Å². The molecule has 0 spiro atoms. The molecular formula is C13H24N2O3. The maximum absolute atomic E-state index is 11.3. The van der Waals surface area contributed by atoms with Gasteiger partial charge in [0.05, 0.1) is 19.1 Å². The third-order valence-electron chi connectivity index (χ3n) is 4.23. The molecule has 104 valence electrons. The smallest absolute Gasteiger partial charge is 0.310 e. The topological polar surface area (TPSA) is 53.0 Å². The monoisotopic (exact) mass is 256 g/mol. The van der Waals surface area contributed by atoms with Crippen molar-refractivity contribution in [2.45, 2.75) is 31.8 Å². The summed E-state index contributed by atoms with van der Waals surface area (Å²) in [5, 5.41) is 9.26. The molecule has 2 fully saturated rings. The molecule has 0 aromatic carbocycles. The van der Waals surface area contributed by atoms with Crippen LogP contribution in [-0.4, -0.2) is 72.9 Å². The molecule has 5 heteroatoms. The van der Waals surface area contributed by atoms with Crippen LogP contribution in [-0.2, 0) is 9.53 Å². The quantitative estimate of drug-likeness (QED) is 0.794. The van der Waals surface area contributed by atoms with E-state index in [9.17, 15) is 9.90 Å². The van der Waals surface area contributed by atoms with E-state index in [4.69, 9.17) is 4.74 Å². The van der Waals surface area contributed by atoms with Crippen LogP contribution in [0.25, 0.3) is 0 Å². The first kappa shape index (κ1) is 13.8. The number of carboxylic acid groups (broad SMARTS) is 1. The van der Waals surface area contributed by atoms with Crippen molar-refractivity contribution < 1.29 is 14.6 Å². The second kappa shape index (κ2) is 5.99. The Bertz CT molecular complexity index is 298. The van der Waals surface area contributed by atoms with Crippen molar-refractivity contribution in [3.8, 4) is 0 Å². The molecule has 5 nitrogen and oxygen atoms in total. The molecule has 0 saturated carbocycles. The highest BCUT2D eigenvalue weighted by molar-refractivity contribution is 5.71. The van der Waals surface area contributed by atoms with E-state index in [0.29, 0.717) is 19.3 Å². The number of hydrogen-bond donors (Lipinski definition) is 1. The summed E-state index contributed by atoms with van der Waals surface area (Å²) in [5.41, 5.74) is 0. The van der Waals surface area contributed by atoms with Gasteiger partial charge in [-0.05, 0) is 33.0 Å². The summed E-state index contributed by atoms with van der Waals surface area (Å²) in [6.45, 7) is 6.13. The van der Waals surface area contributed by atoms with Crippen LogP contribution in [0.4, 0.5) is 0 Å². The Kier molecular flexibility index (Phi) is 4.59. The maximum atomic E-state index is 11.3. The molecule has 0 radical (unpaired) electrons. The van der Waals surface area contributed by atoms with E-state index in [2.05, 4.69) is 23.8 Å².